The summed E-state index contributed by atoms with van der Waals surface area (Å²) in [7, 11) is 2.16. The Bertz CT molecular complexity index is 1250. The smallest absolute Gasteiger partial charge is 0.243 e. The molecule has 5 rings (SSSR count). The minimum absolute atomic E-state index is 0.00426. The van der Waals surface area contributed by atoms with Gasteiger partial charge >= 0.3 is 0 Å². The zero-order chi connectivity index (χ0) is 25.9. The zero-order valence-corrected chi connectivity index (χ0v) is 21.5. The third-order valence-corrected chi connectivity index (χ3v) is 7.15. The number of aliphatic hydroxyl groups is 1. The van der Waals surface area contributed by atoms with Gasteiger partial charge in [-0.1, -0.05) is 6.58 Å². The number of carbonyl (C=O) groups is 1. The predicted molar refractivity (Wildman–Crippen MR) is 146 cm³/mol. The first-order chi connectivity index (χ1) is 17.9. The normalized spacial score (nSPS) is 19.3. The van der Waals surface area contributed by atoms with E-state index in [0.717, 1.165) is 44.8 Å². The Kier molecular flexibility index (Phi) is 7.24. The van der Waals surface area contributed by atoms with Gasteiger partial charge in [-0.3, -0.25) is 4.79 Å². The highest BCUT2D eigenvalue weighted by atomic mass is 16.3. The van der Waals surface area contributed by atoms with Crippen molar-refractivity contribution in [2.45, 2.75) is 25.4 Å². The van der Waals surface area contributed by atoms with Gasteiger partial charge in [-0.15, -0.1) is 0 Å². The fraction of sp³-hybridized carbons (Fsp3) is 0.462. The van der Waals surface area contributed by atoms with Crippen LogP contribution < -0.4 is 20.4 Å². The summed E-state index contributed by atoms with van der Waals surface area (Å²) >= 11 is 0. The van der Waals surface area contributed by atoms with Gasteiger partial charge in [-0.25, -0.2) is 4.98 Å². The van der Waals surface area contributed by atoms with Crippen molar-refractivity contribution in [1.29, 1.82) is 0 Å². The molecule has 0 saturated carbocycles. The summed E-state index contributed by atoms with van der Waals surface area (Å²) in [6.07, 6.45) is 3.78. The Balaban J connectivity index is 1.42. The van der Waals surface area contributed by atoms with Gasteiger partial charge in [0, 0.05) is 56.7 Å². The second kappa shape index (κ2) is 10.7. The van der Waals surface area contributed by atoms with E-state index < -0.39 is 0 Å². The summed E-state index contributed by atoms with van der Waals surface area (Å²) in [5.41, 5.74) is 3.41. The third-order valence-electron chi connectivity index (χ3n) is 7.15. The molecule has 11 nitrogen and oxygen atoms in total. The SMILES string of the molecule is C=CC(=O)NC1CCN(c2nc(Nc3ccc(N4CCN(C)CC4)cc3)c3ncn(C(C)CO)c3n2)C1. The second-order valence-electron chi connectivity index (χ2n) is 9.83. The summed E-state index contributed by atoms with van der Waals surface area (Å²) < 4.78 is 1.87. The van der Waals surface area contributed by atoms with Crippen LogP contribution >= 0.6 is 0 Å². The Hall–Kier alpha value is -3.70. The fourth-order valence-electron chi connectivity index (χ4n) is 4.82. The largest absolute Gasteiger partial charge is 0.394 e. The molecule has 2 aromatic heterocycles. The molecule has 1 amide bonds. The maximum Gasteiger partial charge on any atom is 0.243 e. The molecule has 0 spiro atoms. The standard InChI is InChI=1S/C26H35N9O2/c1-4-22(37)28-20-9-10-34(15-20)26-30-24(23-25(31-26)35(17-27-23)18(2)16-36)29-19-5-7-21(8-6-19)33-13-11-32(3)12-14-33/h4-8,17-18,20,36H,1,9-16H2,2-3H3,(H,28,37)(H,29,30,31). The second-order valence-corrected chi connectivity index (χ2v) is 9.83. The number of amides is 1. The average Bonchev–Trinajstić information content (AvgIpc) is 3.56. The molecule has 1 aromatic carbocycles. The minimum Gasteiger partial charge on any atom is -0.394 e. The van der Waals surface area contributed by atoms with Crippen LogP contribution in [0.5, 0.6) is 0 Å². The van der Waals surface area contributed by atoms with Crippen molar-refractivity contribution in [3.8, 4) is 0 Å². The van der Waals surface area contributed by atoms with Crippen LogP contribution in [0.25, 0.3) is 11.2 Å². The predicted octanol–water partition coefficient (Wildman–Crippen LogP) is 1.76. The van der Waals surface area contributed by atoms with E-state index in [0.29, 0.717) is 29.5 Å². The Morgan fingerprint density at radius 1 is 1.16 bits per heavy atom. The summed E-state index contributed by atoms with van der Waals surface area (Å²) in [4.78, 5) is 32.8. The highest BCUT2D eigenvalue weighted by Gasteiger charge is 2.27. The van der Waals surface area contributed by atoms with E-state index in [4.69, 9.17) is 9.97 Å². The third kappa shape index (κ3) is 5.37. The number of nitrogens with one attached hydrogen (secondary N) is 2. The van der Waals surface area contributed by atoms with Crippen molar-refractivity contribution >= 4 is 40.2 Å². The van der Waals surface area contributed by atoms with E-state index in [1.807, 2.05) is 11.5 Å². The molecule has 2 fully saturated rings. The van der Waals surface area contributed by atoms with Crippen LogP contribution in [0.2, 0.25) is 0 Å². The topological polar surface area (TPSA) is 115 Å². The van der Waals surface area contributed by atoms with Crippen molar-refractivity contribution in [3.63, 3.8) is 0 Å². The van der Waals surface area contributed by atoms with Crippen molar-refractivity contribution in [2.75, 3.05) is 68.0 Å². The summed E-state index contributed by atoms with van der Waals surface area (Å²) in [6, 6.07) is 8.21. The lowest BCUT2D eigenvalue weighted by Gasteiger charge is -2.34. The van der Waals surface area contributed by atoms with Crippen molar-refractivity contribution in [1.82, 2.24) is 29.7 Å². The molecule has 0 bridgehead atoms. The van der Waals surface area contributed by atoms with Crippen LogP contribution in [0.4, 0.5) is 23.1 Å². The first-order valence-electron chi connectivity index (χ1n) is 12.8. The molecule has 11 heteroatoms. The molecular formula is C26H35N9O2. The molecule has 37 heavy (non-hydrogen) atoms. The molecule has 2 aliphatic heterocycles. The molecule has 0 aliphatic carbocycles. The molecule has 3 aromatic rings. The Morgan fingerprint density at radius 3 is 2.62 bits per heavy atom. The highest BCUT2D eigenvalue weighted by Crippen LogP contribution is 2.29. The average molecular weight is 506 g/mol. The van der Waals surface area contributed by atoms with Gasteiger partial charge in [0.1, 0.15) is 0 Å². The minimum atomic E-state index is -0.180. The maximum absolute atomic E-state index is 11.8. The molecule has 196 valence electrons. The van der Waals surface area contributed by atoms with Crippen LogP contribution in [0, 0.1) is 0 Å². The molecule has 2 atom stereocenters. The molecule has 2 saturated heterocycles. The van der Waals surface area contributed by atoms with Gasteiger partial charge in [-0.05, 0) is 50.7 Å². The molecular weight excluding hydrogens is 470 g/mol. The number of rotatable bonds is 8. The Labute approximate surface area is 216 Å². The summed E-state index contributed by atoms with van der Waals surface area (Å²) in [5.74, 6) is 0.988. The van der Waals surface area contributed by atoms with Crippen molar-refractivity contribution in [3.05, 3.63) is 43.2 Å². The molecule has 0 radical (unpaired) electrons. The lowest BCUT2D eigenvalue weighted by molar-refractivity contribution is -0.117. The number of imidazole rings is 1. The number of hydrogen-bond acceptors (Lipinski definition) is 9. The maximum atomic E-state index is 11.8. The van der Waals surface area contributed by atoms with Crippen molar-refractivity contribution < 1.29 is 9.90 Å². The van der Waals surface area contributed by atoms with Crippen LogP contribution in [0.1, 0.15) is 19.4 Å². The number of carbonyl (C=O) groups excluding carboxylic acids is 1. The van der Waals surface area contributed by atoms with E-state index >= 15 is 0 Å². The molecule has 3 N–H and O–H groups in total. The lowest BCUT2D eigenvalue weighted by atomic mass is 10.2. The van der Waals surface area contributed by atoms with E-state index in [9.17, 15) is 9.90 Å². The number of aliphatic hydroxyl groups excluding tert-OH is 1. The lowest BCUT2D eigenvalue weighted by Crippen LogP contribution is -2.44. The zero-order valence-electron chi connectivity index (χ0n) is 21.5. The number of fused-ring (bicyclic) bond motifs is 1. The Morgan fingerprint density at radius 2 is 1.92 bits per heavy atom. The van der Waals surface area contributed by atoms with E-state index in [2.05, 4.69) is 68.2 Å². The number of anilines is 4. The fourth-order valence-corrected chi connectivity index (χ4v) is 4.82. The highest BCUT2D eigenvalue weighted by molar-refractivity contribution is 5.88. The molecule has 2 unspecified atom stereocenters. The van der Waals surface area contributed by atoms with Gasteiger partial charge in [0.25, 0.3) is 0 Å². The van der Waals surface area contributed by atoms with E-state index in [1.165, 1.54) is 11.8 Å². The molecule has 4 heterocycles. The summed E-state index contributed by atoms with van der Waals surface area (Å²) in [6.45, 7) is 10.9. The van der Waals surface area contributed by atoms with Gasteiger partial charge in [0.05, 0.1) is 19.0 Å². The van der Waals surface area contributed by atoms with Gasteiger partial charge < -0.3 is 35.0 Å². The molecule has 2 aliphatic rings. The number of nitrogens with zero attached hydrogens (tertiary/aromatic N) is 7. The number of likely N-dealkylation sites (N-methyl/N-ethyl adjacent to an activating group) is 1. The first-order valence-corrected chi connectivity index (χ1v) is 12.8. The van der Waals surface area contributed by atoms with Gasteiger partial charge in [0.15, 0.2) is 17.0 Å². The summed E-state index contributed by atoms with van der Waals surface area (Å²) in [5, 5.41) is 16.2. The van der Waals surface area contributed by atoms with Crippen molar-refractivity contribution in [2.24, 2.45) is 0 Å². The van der Waals surface area contributed by atoms with Gasteiger partial charge in [-0.2, -0.15) is 9.97 Å². The number of piperazine rings is 1. The van der Waals surface area contributed by atoms with Gasteiger partial charge in [0.2, 0.25) is 11.9 Å². The van der Waals surface area contributed by atoms with E-state index in [-0.39, 0.29) is 24.6 Å². The van der Waals surface area contributed by atoms with Crippen LogP contribution in [-0.2, 0) is 4.79 Å². The van der Waals surface area contributed by atoms with Crippen LogP contribution in [0.15, 0.2) is 43.2 Å². The van der Waals surface area contributed by atoms with Crippen LogP contribution in [0.3, 0.4) is 0 Å². The first kappa shape index (κ1) is 25.0. The quantitative estimate of drug-likeness (QED) is 0.394. The van der Waals surface area contributed by atoms with E-state index in [1.54, 1.807) is 6.33 Å². The number of benzene rings is 1. The number of hydrogen-bond donors (Lipinski definition) is 3. The monoisotopic (exact) mass is 505 g/mol. The van der Waals surface area contributed by atoms with Crippen LogP contribution in [-0.4, -0.2) is 94.4 Å². The number of aromatic nitrogens is 4.